The van der Waals surface area contributed by atoms with Crippen molar-refractivity contribution in [3.05, 3.63) is 88.4 Å². The van der Waals surface area contributed by atoms with Gasteiger partial charge < -0.3 is 10.2 Å². The molecule has 30 heavy (non-hydrogen) atoms. The van der Waals surface area contributed by atoms with Crippen molar-refractivity contribution in [2.75, 3.05) is 4.90 Å². The Morgan fingerprint density at radius 2 is 1.60 bits per heavy atom. The number of hydrogen-bond acceptors (Lipinski definition) is 3. The summed E-state index contributed by atoms with van der Waals surface area (Å²) >= 11 is 5.98. The maximum Gasteiger partial charge on any atom is 0.416 e. The van der Waals surface area contributed by atoms with Crippen molar-refractivity contribution < 1.29 is 33.0 Å². The number of alkyl halides is 3. The molecule has 154 valence electrons. The van der Waals surface area contributed by atoms with Crippen molar-refractivity contribution in [2.24, 2.45) is 0 Å². The molecule has 0 aliphatic rings. The highest BCUT2D eigenvalue weighted by Crippen LogP contribution is 2.37. The maximum atomic E-state index is 13.3. The van der Waals surface area contributed by atoms with Crippen molar-refractivity contribution in [1.82, 2.24) is 0 Å². The molecule has 0 atom stereocenters. The average molecular weight is 436 g/mol. The van der Waals surface area contributed by atoms with E-state index >= 15 is 0 Å². The summed E-state index contributed by atoms with van der Waals surface area (Å²) in [5.41, 5.74) is -2.12. The Kier molecular flexibility index (Phi) is 5.71. The van der Waals surface area contributed by atoms with Gasteiger partial charge in [-0.25, -0.2) is 4.79 Å². The van der Waals surface area contributed by atoms with Gasteiger partial charge in [-0.05, 0) is 48.5 Å². The molecule has 3 rings (SSSR count). The zero-order valence-corrected chi connectivity index (χ0v) is 15.8. The number of para-hydroxylation sites is 1. The number of carboxylic acids is 1. The second-order valence-electron chi connectivity index (χ2n) is 6.17. The summed E-state index contributed by atoms with van der Waals surface area (Å²) in [6.07, 6.45) is -4.69. The van der Waals surface area contributed by atoms with Crippen LogP contribution in [0.15, 0.2) is 66.7 Å². The molecule has 0 heterocycles. The molecule has 0 aromatic heterocycles. The quantitative estimate of drug-likeness (QED) is 0.547. The van der Waals surface area contributed by atoms with Crippen LogP contribution in [0.3, 0.4) is 0 Å². The summed E-state index contributed by atoms with van der Waals surface area (Å²) < 4.78 is 39.7. The zero-order chi connectivity index (χ0) is 22.1. The van der Waals surface area contributed by atoms with Crippen LogP contribution >= 0.6 is 11.6 Å². The minimum absolute atomic E-state index is 0.0667. The number of anilines is 2. The van der Waals surface area contributed by atoms with Crippen molar-refractivity contribution in [1.29, 1.82) is 0 Å². The number of halogens is 4. The third-order valence-corrected chi connectivity index (χ3v) is 4.44. The second kappa shape index (κ2) is 8.08. The molecule has 0 saturated heterocycles. The van der Waals surface area contributed by atoms with Gasteiger partial charge in [0.1, 0.15) is 5.75 Å². The molecule has 3 aromatic rings. The van der Waals surface area contributed by atoms with E-state index in [9.17, 15) is 33.0 Å². The van der Waals surface area contributed by atoms with Gasteiger partial charge in [-0.1, -0.05) is 29.8 Å². The first-order valence-electron chi connectivity index (χ1n) is 8.42. The van der Waals surface area contributed by atoms with Crippen molar-refractivity contribution >= 4 is 34.9 Å². The Morgan fingerprint density at radius 1 is 0.900 bits per heavy atom. The lowest BCUT2D eigenvalue weighted by Gasteiger charge is -2.26. The minimum Gasteiger partial charge on any atom is -0.507 e. The Labute approximate surface area is 173 Å². The normalized spacial score (nSPS) is 11.2. The van der Waals surface area contributed by atoms with Crippen LogP contribution in [0.1, 0.15) is 26.3 Å². The number of carboxylic acid groups (broad SMARTS) is 1. The fourth-order valence-electron chi connectivity index (χ4n) is 2.83. The SMILES string of the molecule is O=C(O)c1ccc(Cl)cc1N(C(=O)c1ccccc1O)c1cccc(C(F)(F)F)c1. The Hall–Kier alpha value is -3.52. The monoisotopic (exact) mass is 435 g/mol. The van der Waals surface area contributed by atoms with E-state index in [0.717, 1.165) is 29.2 Å². The van der Waals surface area contributed by atoms with E-state index in [4.69, 9.17) is 11.6 Å². The van der Waals surface area contributed by atoms with Crippen LogP contribution in [-0.4, -0.2) is 22.1 Å². The largest absolute Gasteiger partial charge is 0.507 e. The van der Waals surface area contributed by atoms with Gasteiger partial charge in [0.2, 0.25) is 0 Å². The molecule has 0 spiro atoms. The number of phenolic OH excluding ortho intramolecular Hbond substituents is 1. The molecule has 0 saturated carbocycles. The molecule has 1 amide bonds. The van der Waals surface area contributed by atoms with Crippen LogP contribution < -0.4 is 4.90 Å². The summed E-state index contributed by atoms with van der Waals surface area (Å²) in [6, 6.07) is 12.8. The number of rotatable bonds is 4. The number of carbonyl (C=O) groups excluding carboxylic acids is 1. The third-order valence-electron chi connectivity index (χ3n) is 4.20. The Balaban J connectivity index is 2.29. The van der Waals surface area contributed by atoms with E-state index < -0.39 is 29.4 Å². The van der Waals surface area contributed by atoms with E-state index in [2.05, 4.69) is 0 Å². The van der Waals surface area contributed by atoms with Crippen LogP contribution in [0.2, 0.25) is 5.02 Å². The Morgan fingerprint density at radius 3 is 2.23 bits per heavy atom. The van der Waals surface area contributed by atoms with E-state index in [-0.39, 0.29) is 27.5 Å². The van der Waals surface area contributed by atoms with E-state index in [1.807, 2.05) is 0 Å². The van der Waals surface area contributed by atoms with Gasteiger partial charge in [-0.2, -0.15) is 13.2 Å². The predicted molar refractivity (Wildman–Crippen MR) is 104 cm³/mol. The van der Waals surface area contributed by atoms with Crippen LogP contribution in [0.4, 0.5) is 24.5 Å². The predicted octanol–water partition coefficient (Wildman–Crippen LogP) is 5.74. The van der Waals surface area contributed by atoms with Crippen molar-refractivity contribution in [3.8, 4) is 5.75 Å². The summed E-state index contributed by atoms with van der Waals surface area (Å²) in [6.45, 7) is 0. The number of nitrogens with zero attached hydrogens (tertiary/aromatic N) is 1. The lowest BCUT2D eigenvalue weighted by molar-refractivity contribution is -0.137. The summed E-state index contributed by atoms with van der Waals surface area (Å²) in [5.74, 6) is -2.76. The number of aromatic hydroxyl groups is 1. The topological polar surface area (TPSA) is 77.8 Å². The van der Waals surface area contributed by atoms with Gasteiger partial charge in [0.05, 0.1) is 22.4 Å². The number of benzene rings is 3. The Bertz CT molecular complexity index is 1130. The van der Waals surface area contributed by atoms with E-state index in [1.165, 1.54) is 36.4 Å². The fraction of sp³-hybridized carbons (Fsp3) is 0.0476. The van der Waals surface area contributed by atoms with E-state index in [1.54, 1.807) is 0 Å². The number of carbonyl (C=O) groups is 2. The third kappa shape index (κ3) is 4.23. The highest BCUT2D eigenvalue weighted by atomic mass is 35.5. The molecular weight excluding hydrogens is 423 g/mol. The van der Waals surface area contributed by atoms with Gasteiger partial charge in [0.25, 0.3) is 5.91 Å². The molecule has 0 radical (unpaired) electrons. The van der Waals surface area contributed by atoms with Crippen LogP contribution in [0.25, 0.3) is 0 Å². The first kappa shape index (κ1) is 21.2. The van der Waals surface area contributed by atoms with Crippen LogP contribution in [0, 0.1) is 0 Å². The van der Waals surface area contributed by atoms with Gasteiger partial charge >= 0.3 is 12.1 Å². The van der Waals surface area contributed by atoms with Crippen molar-refractivity contribution in [2.45, 2.75) is 6.18 Å². The average Bonchev–Trinajstić information content (AvgIpc) is 2.68. The van der Waals surface area contributed by atoms with Gasteiger partial charge in [0.15, 0.2) is 0 Å². The molecule has 3 aromatic carbocycles. The van der Waals surface area contributed by atoms with Gasteiger partial charge in [0, 0.05) is 10.7 Å². The number of hydrogen-bond donors (Lipinski definition) is 2. The lowest BCUT2D eigenvalue weighted by Crippen LogP contribution is -2.28. The number of amides is 1. The van der Waals surface area contributed by atoms with Gasteiger partial charge in [-0.3, -0.25) is 9.69 Å². The first-order valence-corrected chi connectivity index (χ1v) is 8.80. The molecule has 9 heteroatoms. The zero-order valence-electron chi connectivity index (χ0n) is 15.0. The molecule has 0 fully saturated rings. The molecule has 0 bridgehead atoms. The molecule has 0 unspecified atom stereocenters. The highest BCUT2D eigenvalue weighted by molar-refractivity contribution is 6.31. The van der Waals surface area contributed by atoms with Crippen LogP contribution in [-0.2, 0) is 6.18 Å². The molecule has 0 aliphatic heterocycles. The smallest absolute Gasteiger partial charge is 0.416 e. The summed E-state index contributed by atoms with van der Waals surface area (Å²) in [5, 5.41) is 19.7. The molecule has 2 N–H and O–H groups in total. The lowest BCUT2D eigenvalue weighted by atomic mass is 10.1. The first-order chi connectivity index (χ1) is 14.1. The van der Waals surface area contributed by atoms with Gasteiger partial charge in [-0.15, -0.1) is 0 Å². The molecular formula is C21H13ClF3NO4. The standard InChI is InChI=1S/C21H13ClF3NO4/c22-13-8-9-15(20(29)30)17(11-13)26(19(28)16-6-1-2-7-18(16)27)14-5-3-4-12(10-14)21(23,24)25/h1-11,27H,(H,29,30). The minimum atomic E-state index is -4.69. The van der Waals surface area contributed by atoms with Crippen LogP contribution in [0.5, 0.6) is 5.75 Å². The fourth-order valence-corrected chi connectivity index (χ4v) is 3.00. The number of aromatic carboxylic acids is 1. The summed E-state index contributed by atoms with van der Waals surface area (Å²) in [7, 11) is 0. The second-order valence-corrected chi connectivity index (χ2v) is 6.61. The van der Waals surface area contributed by atoms with E-state index in [0.29, 0.717) is 6.07 Å². The van der Waals surface area contributed by atoms with Crippen molar-refractivity contribution in [3.63, 3.8) is 0 Å². The maximum absolute atomic E-state index is 13.3. The molecule has 0 aliphatic carbocycles. The highest BCUT2D eigenvalue weighted by Gasteiger charge is 2.33. The molecule has 5 nitrogen and oxygen atoms in total. The summed E-state index contributed by atoms with van der Waals surface area (Å²) in [4.78, 5) is 25.8. The number of phenols is 1.